The van der Waals surface area contributed by atoms with Crippen molar-refractivity contribution in [1.29, 1.82) is 0 Å². The van der Waals surface area contributed by atoms with Crippen LogP contribution in [0.1, 0.15) is 36.8 Å². The molecule has 0 radical (unpaired) electrons. The van der Waals surface area contributed by atoms with E-state index in [0.717, 1.165) is 51.0 Å². The zero-order valence-electron chi connectivity index (χ0n) is 14.5. The zero-order valence-corrected chi connectivity index (χ0v) is 14.5. The number of hydrogen-bond acceptors (Lipinski definition) is 4. The molecule has 0 saturated carbocycles. The van der Waals surface area contributed by atoms with Gasteiger partial charge in [0.05, 0.1) is 6.61 Å². The van der Waals surface area contributed by atoms with Gasteiger partial charge >= 0.3 is 0 Å². The monoisotopic (exact) mass is 332 g/mol. The Labute approximate surface area is 144 Å². The van der Waals surface area contributed by atoms with Crippen molar-refractivity contribution in [3.05, 3.63) is 35.4 Å². The summed E-state index contributed by atoms with van der Waals surface area (Å²) in [6.45, 7) is 4.29. The topological polar surface area (TPSA) is 53.0 Å². The Kier molecular flexibility index (Phi) is 5.54. The van der Waals surface area contributed by atoms with Crippen molar-refractivity contribution in [2.45, 2.75) is 44.4 Å². The van der Waals surface area contributed by atoms with E-state index in [2.05, 4.69) is 23.1 Å². The number of ether oxygens (including phenoxy) is 1. The summed E-state index contributed by atoms with van der Waals surface area (Å²) >= 11 is 0. The maximum Gasteiger partial charge on any atom is 0.255 e. The lowest BCUT2D eigenvalue weighted by Gasteiger charge is -2.40. The molecule has 0 aliphatic carbocycles. The summed E-state index contributed by atoms with van der Waals surface area (Å²) < 4.78 is 5.19. The standard InChI is InChI=1S/C19H28N2O3/c1-24-14-17-7-4-6-16(12-17)13-20-9-5-8-19(23,15-20)18(22)21-10-2-3-11-21/h4,6-7,12,23H,2-3,5,8-11,13-15H2,1H3/t19-/m0/s1. The van der Waals surface area contributed by atoms with E-state index in [-0.39, 0.29) is 5.91 Å². The number of benzene rings is 1. The summed E-state index contributed by atoms with van der Waals surface area (Å²) in [5, 5.41) is 10.9. The first kappa shape index (κ1) is 17.4. The minimum atomic E-state index is -1.22. The van der Waals surface area contributed by atoms with Gasteiger partial charge in [0.15, 0.2) is 5.60 Å². The number of amides is 1. The fourth-order valence-electron chi connectivity index (χ4n) is 3.89. The molecule has 1 aromatic rings. The smallest absolute Gasteiger partial charge is 0.255 e. The summed E-state index contributed by atoms with van der Waals surface area (Å²) in [7, 11) is 1.70. The summed E-state index contributed by atoms with van der Waals surface area (Å²) in [5.74, 6) is -0.0715. The number of likely N-dealkylation sites (tertiary alicyclic amines) is 2. The molecule has 132 valence electrons. The van der Waals surface area contributed by atoms with Crippen molar-refractivity contribution in [2.24, 2.45) is 0 Å². The van der Waals surface area contributed by atoms with Crippen LogP contribution < -0.4 is 0 Å². The van der Waals surface area contributed by atoms with Crippen LogP contribution in [0.3, 0.4) is 0 Å². The van der Waals surface area contributed by atoms with Gasteiger partial charge < -0.3 is 14.7 Å². The predicted molar refractivity (Wildman–Crippen MR) is 92.4 cm³/mol. The highest BCUT2D eigenvalue weighted by molar-refractivity contribution is 5.85. The second kappa shape index (κ2) is 7.64. The lowest BCUT2D eigenvalue weighted by Crippen LogP contribution is -2.57. The van der Waals surface area contributed by atoms with E-state index in [0.29, 0.717) is 19.6 Å². The minimum Gasteiger partial charge on any atom is -0.380 e. The number of methoxy groups -OCH3 is 1. The molecule has 1 atom stereocenters. The van der Waals surface area contributed by atoms with E-state index in [4.69, 9.17) is 4.74 Å². The molecule has 24 heavy (non-hydrogen) atoms. The van der Waals surface area contributed by atoms with Gasteiger partial charge in [-0.15, -0.1) is 0 Å². The SMILES string of the molecule is COCc1cccc(CN2CCC[C@@](O)(C(=O)N3CCCC3)C2)c1. The number of hydrogen-bond donors (Lipinski definition) is 1. The van der Waals surface area contributed by atoms with E-state index in [1.54, 1.807) is 7.11 Å². The normalized spacial score (nSPS) is 25.2. The van der Waals surface area contributed by atoms with Crippen molar-refractivity contribution < 1.29 is 14.6 Å². The molecule has 0 spiro atoms. The van der Waals surface area contributed by atoms with E-state index in [1.807, 2.05) is 11.0 Å². The Balaban J connectivity index is 1.64. The molecule has 5 nitrogen and oxygen atoms in total. The molecule has 5 heteroatoms. The minimum absolute atomic E-state index is 0.0715. The molecular weight excluding hydrogens is 304 g/mol. The van der Waals surface area contributed by atoms with Gasteiger partial charge in [0.1, 0.15) is 0 Å². The average Bonchev–Trinajstić information content (AvgIpc) is 3.09. The molecule has 1 N–H and O–H groups in total. The van der Waals surface area contributed by atoms with Gasteiger partial charge in [0.2, 0.25) is 0 Å². The second-order valence-corrected chi connectivity index (χ2v) is 7.10. The maximum atomic E-state index is 12.7. The van der Waals surface area contributed by atoms with Gasteiger partial charge in [-0.05, 0) is 43.4 Å². The van der Waals surface area contributed by atoms with E-state index < -0.39 is 5.60 Å². The van der Waals surface area contributed by atoms with Gasteiger partial charge in [-0.25, -0.2) is 0 Å². The highest BCUT2D eigenvalue weighted by atomic mass is 16.5. The summed E-state index contributed by atoms with van der Waals surface area (Å²) in [6, 6.07) is 8.32. The average molecular weight is 332 g/mol. The van der Waals surface area contributed by atoms with E-state index in [1.165, 1.54) is 5.56 Å². The van der Waals surface area contributed by atoms with Crippen LogP contribution in [-0.2, 0) is 22.7 Å². The van der Waals surface area contributed by atoms with E-state index >= 15 is 0 Å². The third kappa shape index (κ3) is 3.97. The number of nitrogens with zero attached hydrogens (tertiary/aromatic N) is 2. The first-order valence-corrected chi connectivity index (χ1v) is 8.91. The number of rotatable bonds is 5. The number of piperidine rings is 1. The van der Waals surface area contributed by atoms with Crippen molar-refractivity contribution in [2.75, 3.05) is 33.3 Å². The molecule has 0 bridgehead atoms. The maximum absolute atomic E-state index is 12.7. The Morgan fingerprint density at radius 2 is 1.96 bits per heavy atom. The van der Waals surface area contributed by atoms with Gasteiger partial charge in [-0.1, -0.05) is 24.3 Å². The molecule has 2 heterocycles. The first-order chi connectivity index (χ1) is 11.6. The lowest BCUT2D eigenvalue weighted by atomic mass is 9.91. The molecule has 1 aromatic carbocycles. The fourth-order valence-corrected chi connectivity index (χ4v) is 3.89. The number of aliphatic hydroxyl groups is 1. The third-order valence-corrected chi connectivity index (χ3v) is 5.05. The Hall–Kier alpha value is -1.43. The second-order valence-electron chi connectivity index (χ2n) is 7.10. The number of carbonyl (C=O) groups is 1. The van der Waals surface area contributed by atoms with Gasteiger partial charge in [0, 0.05) is 33.3 Å². The molecule has 0 unspecified atom stereocenters. The lowest BCUT2D eigenvalue weighted by molar-refractivity contribution is -0.156. The zero-order chi connectivity index (χ0) is 17.0. The highest BCUT2D eigenvalue weighted by Crippen LogP contribution is 2.26. The molecular formula is C19H28N2O3. The quantitative estimate of drug-likeness (QED) is 0.893. The van der Waals surface area contributed by atoms with Crippen LogP contribution in [0.5, 0.6) is 0 Å². The Bertz CT molecular complexity index is 571. The van der Waals surface area contributed by atoms with Crippen molar-refractivity contribution in [1.82, 2.24) is 9.80 Å². The van der Waals surface area contributed by atoms with Gasteiger partial charge in [-0.2, -0.15) is 0 Å². The van der Waals surface area contributed by atoms with Crippen molar-refractivity contribution in [3.8, 4) is 0 Å². The molecule has 0 aromatic heterocycles. The molecule has 2 aliphatic heterocycles. The van der Waals surface area contributed by atoms with Crippen LogP contribution in [0, 0.1) is 0 Å². The summed E-state index contributed by atoms with van der Waals surface area (Å²) in [5.41, 5.74) is 1.13. The predicted octanol–water partition coefficient (Wildman–Crippen LogP) is 1.78. The molecule has 2 fully saturated rings. The van der Waals surface area contributed by atoms with Crippen molar-refractivity contribution >= 4 is 5.91 Å². The Morgan fingerprint density at radius 3 is 2.71 bits per heavy atom. The van der Waals surface area contributed by atoms with Crippen LogP contribution in [0.4, 0.5) is 0 Å². The first-order valence-electron chi connectivity index (χ1n) is 8.91. The van der Waals surface area contributed by atoms with Crippen LogP contribution in [0.2, 0.25) is 0 Å². The van der Waals surface area contributed by atoms with Gasteiger partial charge in [-0.3, -0.25) is 9.69 Å². The van der Waals surface area contributed by atoms with Crippen molar-refractivity contribution in [3.63, 3.8) is 0 Å². The number of β-amino-alcohol motifs (C(OH)–C–C–N with tert-alkyl or cyclic N) is 1. The number of carbonyl (C=O) groups excluding carboxylic acids is 1. The molecule has 2 saturated heterocycles. The summed E-state index contributed by atoms with van der Waals surface area (Å²) in [6.07, 6.45) is 3.53. The molecule has 1 amide bonds. The largest absolute Gasteiger partial charge is 0.380 e. The Morgan fingerprint density at radius 1 is 1.21 bits per heavy atom. The van der Waals surface area contributed by atoms with Crippen LogP contribution >= 0.6 is 0 Å². The fraction of sp³-hybridized carbons (Fsp3) is 0.632. The van der Waals surface area contributed by atoms with Crippen LogP contribution in [0.15, 0.2) is 24.3 Å². The summed E-state index contributed by atoms with van der Waals surface area (Å²) in [4.78, 5) is 16.7. The van der Waals surface area contributed by atoms with Crippen LogP contribution in [0.25, 0.3) is 0 Å². The molecule has 2 aliphatic rings. The van der Waals surface area contributed by atoms with Crippen LogP contribution in [-0.4, -0.2) is 59.7 Å². The molecule has 3 rings (SSSR count). The van der Waals surface area contributed by atoms with E-state index in [9.17, 15) is 9.90 Å². The highest BCUT2D eigenvalue weighted by Gasteiger charge is 2.43. The third-order valence-electron chi connectivity index (χ3n) is 5.05. The van der Waals surface area contributed by atoms with Gasteiger partial charge in [0.25, 0.3) is 5.91 Å².